The lowest BCUT2D eigenvalue weighted by molar-refractivity contribution is -0.121. The minimum absolute atomic E-state index is 0.0354. The van der Waals surface area contributed by atoms with Crippen molar-refractivity contribution in [1.82, 2.24) is 10.2 Å². The van der Waals surface area contributed by atoms with Crippen LogP contribution in [0.25, 0.3) is 0 Å². The molecule has 0 radical (unpaired) electrons. The molecule has 1 rings (SSSR count). The fraction of sp³-hybridized carbons (Fsp3) is 0.429. The number of benzene rings is 1. The fourth-order valence-corrected chi connectivity index (χ4v) is 1.98. The van der Waals surface area contributed by atoms with Gasteiger partial charge in [0.1, 0.15) is 4.99 Å². The Kier molecular flexibility index (Phi) is 6.45. The molecule has 1 amide bonds. The first-order valence-corrected chi connectivity index (χ1v) is 6.79. The van der Waals surface area contributed by atoms with Crippen LogP contribution < -0.4 is 11.1 Å². The van der Waals surface area contributed by atoms with E-state index in [0.29, 0.717) is 11.5 Å². The Balaban J connectivity index is 2.67. The normalized spacial score (nSPS) is 10.5. The van der Waals surface area contributed by atoms with E-state index in [1.165, 1.54) is 0 Å². The second kappa shape index (κ2) is 7.86. The zero-order valence-electron chi connectivity index (χ0n) is 11.5. The number of carbonyl (C=O) groups excluding carboxylic acids is 1. The summed E-state index contributed by atoms with van der Waals surface area (Å²) in [7, 11) is 1.66. The Morgan fingerprint density at radius 2 is 2.00 bits per heavy atom. The van der Waals surface area contributed by atoms with Crippen molar-refractivity contribution in [3.05, 3.63) is 35.4 Å². The van der Waals surface area contributed by atoms with Crippen LogP contribution >= 0.6 is 12.2 Å². The van der Waals surface area contributed by atoms with Crippen molar-refractivity contribution >= 4 is 23.1 Å². The average molecular weight is 279 g/mol. The molecule has 0 saturated carbocycles. The first-order chi connectivity index (χ1) is 9.06. The van der Waals surface area contributed by atoms with Crippen molar-refractivity contribution in [2.75, 3.05) is 20.1 Å². The van der Waals surface area contributed by atoms with E-state index < -0.39 is 0 Å². The van der Waals surface area contributed by atoms with E-state index >= 15 is 0 Å². The Morgan fingerprint density at radius 1 is 1.37 bits per heavy atom. The molecule has 0 aliphatic heterocycles. The van der Waals surface area contributed by atoms with Crippen molar-refractivity contribution in [3.63, 3.8) is 0 Å². The zero-order chi connectivity index (χ0) is 14.3. The van der Waals surface area contributed by atoms with Gasteiger partial charge >= 0.3 is 0 Å². The summed E-state index contributed by atoms with van der Waals surface area (Å²) in [5.74, 6) is 0.0354. The molecule has 0 saturated heterocycles. The van der Waals surface area contributed by atoms with E-state index in [9.17, 15) is 4.79 Å². The van der Waals surface area contributed by atoms with Crippen molar-refractivity contribution in [3.8, 4) is 0 Å². The zero-order valence-corrected chi connectivity index (χ0v) is 12.3. The van der Waals surface area contributed by atoms with Gasteiger partial charge in [-0.2, -0.15) is 0 Å². The Bertz CT molecular complexity index is 431. The second-order valence-corrected chi connectivity index (χ2v) is 4.88. The number of nitrogens with zero attached hydrogens (tertiary/aromatic N) is 1. The molecular formula is C14H21N3OS. The Morgan fingerprint density at radius 3 is 2.47 bits per heavy atom. The minimum Gasteiger partial charge on any atom is -0.389 e. The number of nitrogens with one attached hydrogen (secondary N) is 1. The smallest absolute Gasteiger partial charge is 0.233 e. The number of carbonyl (C=O) groups is 1. The van der Waals surface area contributed by atoms with E-state index in [1.807, 2.05) is 24.3 Å². The molecular weight excluding hydrogens is 258 g/mol. The van der Waals surface area contributed by atoms with Gasteiger partial charge in [0, 0.05) is 19.2 Å². The Hall–Kier alpha value is -1.46. The number of nitrogens with two attached hydrogens (primary N) is 1. The molecule has 5 heteroatoms. The molecule has 0 aliphatic carbocycles. The summed E-state index contributed by atoms with van der Waals surface area (Å²) < 4.78 is 0. The summed E-state index contributed by atoms with van der Waals surface area (Å²) in [5.41, 5.74) is 7.58. The summed E-state index contributed by atoms with van der Waals surface area (Å²) in [6, 6.07) is 7.84. The SMILES string of the molecule is CCCN(CC(=O)NC)Cc1ccc(C(N)=S)cc1. The van der Waals surface area contributed by atoms with Gasteiger partial charge in [-0.05, 0) is 18.5 Å². The van der Waals surface area contributed by atoms with Crippen LogP contribution in [0.2, 0.25) is 0 Å². The van der Waals surface area contributed by atoms with Crippen molar-refractivity contribution in [2.24, 2.45) is 5.73 Å². The lowest BCUT2D eigenvalue weighted by Crippen LogP contribution is -2.35. The fourth-order valence-electron chi connectivity index (χ4n) is 1.85. The molecule has 0 unspecified atom stereocenters. The Labute approximate surface area is 120 Å². The van der Waals surface area contributed by atoms with Gasteiger partial charge in [0.15, 0.2) is 0 Å². The molecule has 0 bridgehead atoms. The lowest BCUT2D eigenvalue weighted by atomic mass is 10.1. The van der Waals surface area contributed by atoms with Gasteiger partial charge in [-0.25, -0.2) is 0 Å². The highest BCUT2D eigenvalue weighted by Gasteiger charge is 2.09. The van der Waals surface area contributed by atoms with Crippen LogP contribution in [-0.2, 0) is 11.3 Å². The molecule has 0 atom stereocenters. The maximum atomic E-state index is 11.4. The maximum Gasteiger partial charge on any atom is 0.233 e. The average Bonchev–Trinajstić information content (AvgIpc) is 2.39. The van der Waals surface area contributed by atoms with Gasteiger partial charge in [-0.1, -0.05) is 43.4 Å². The van der Waals surface area contributed by atoms with Gasteiger partial charge in [0.2, 0.25) is 5.91 Å². The molecule has 1 aromatic carbocycles. The predicted octanol–water partition coefficient (Wildman–Crippen LogP) is 1.28. The van der Waals surface area contributed by atoms with Crippen LogP contribution in [0.4, 0.5) is 0 Å². The molecule has 19 heavy (non-hydrogen) atoms. The van der Waals surface area contributed by atoms with Crippen LogP contribution in [0.1, 0.15) is 24.5 Å². The van der Waals surface area contributed by atoms with E-state index in [1.54, 1.807) is 7.05 Å². The third kappa shape index (κ3) is 5.36. The van der Waals surface area contributed by atoms with Crippen LogP contribution in [0.3, 0.4) is 0 Å². The molecule has 0 aromatic heterocycles. The van der Waals surface area contributed by atoms with Gasteiger partial charge in [-0.15, -0.1) is 0 Å². The number of hydrogen-bond donors (Lipinski definition) is 2. The molecule has 0 heterocycles. The molecule has 3 N–H and O–H groups in total. The summed E-state index contributed by atoms with van der Waals surface area (Å²) >= 11 is 4.92. The molecule has 0 fully saturated rings. The molecule has 1 aromatic rings. The monoisotopic (exact) mass is 279 g/mol. The van der Waals surface area contributed by atoms with Gasteiger partial charge in [0.05, 0.1) is 6.54 Å². The summed E-state index contributed by atoms with van der Waals surface area (Å²) in [6.45, 7) is 4.16. The van der Waals surface area contributed by atoms with Crippen LogP contribution in [0, 0.1) is 0 Å². The summed E-state index contributed by atoms with van der Waals surface area (Å²) in [6.07, 6.45) is 1.02. The summed E-state index contributed by atoms with van der Waals surface area (Å²) in [5, 5.41) is 2.65. The second-order valence-electron chi connectivity index (χ2n) is 4.45. The van der Waals surface area contributed by atoms with Gasteiger partial charge in [-0.3, -0.25) is 9.69 Å². The summed E-state index contributed by atoms with van der Waals surface area (Å²) in [4.78, 5) is 14.0. The number of likely N-dealkylation sites (N-methyl/N-ethyl adjacent to an activating group) is 1. The third-order valence-corrected chi connectivity index (χ3v) is 3.07. The van der Waals surface area contributed by atoms with E-state index in [-0.39, 0.29) is 5.91 Å². The third-order valence-electron chi connectivity index (χ3n) is 2.83. The molecule has 0 spiro atoms. The van der Waals surface area contributed by atoms with E-state index in [0.717, 1.165) is 30.6 Å². The first-order valence-electron chi connectivity index (χ1n) is 6.38. The standard InChI is InChI=1S/C14H21N3OS/c1-3-8-17(10-13(18)16-2)9-11-4-6-12(7-5-11)14(15)19/h4-7H,3,8-10H2,1-2H3,(H2,15,19)(H,16,18). The van der Waals surface area contributed by atoms with Crippen molar-refractivity contribution < 1.29 is 4.79 Å². The highest BCUT2D eigenvalue weighted by Crippen LogP contribution is 2.08. The van der Waals surface area contributed by atoms with Crippen molar-refractivity contribution in [1.29, 1.82) is 0 Å². The number of rotatable bonds is 7. The molecule has 0 aliphatic rings. The lowest BCUT2D eigenvalue weighted by Gasteiger charge is -2.20. The largest absolute Gasteiger partial charge is 0.389 e. The topological polar surface area (TPSA) is 58.4 Å². The van der Waals surface area contributed by atoms with Gasteiger partial charge in [0.25, 0.3) is 0 Å². The maximum absolute atomic E-state index is 11.4. The van der Waals surface area contributed by atoms with Crippen LogP contribution in [0.15, 0.2) is 24.3 Å². The molecule has 4 nitrogen and oxygen atoms in total. The van der Waals surface area contributed by atoms with E-state index in [4.69, 9.17) is 18.0 Å². The highest BCUT2D eigenvalue weighted by atomic mass is 32.1. The van der Waals surface area contributed by atoms with Crippen LogP contribution in [0.5, 0.6) is 0 Å². The number of amides is 1. The number of hydrogen-bond acceptors (Lipinski definition) is 3. The minimum atomic E-state index is 0.0354. The highest BCUT2D eigenvalue weighted by molar-refractivity contribution is 7.80. The van der Waals surface area contributed by atoms with Gasteiger partial charge < -0.3 is 11.1 Å². The van der Waals surface area contributed by atoms with Crippen molar-refractivity contribution in [2.45, 2.75) is 19.9 Å². The quantitative estimate of drug-likeness (QED) is 0.738. The molecule has 104 valence electrons. The van der Waals surface area contributed by atoms with E-state index in [2.05, 4.69) is 17.1 Å². The predicted molar refractivity (Wildman–Crippen MR) is 82.0 cm³/mol. The number of thiocarbonyl (C=S) groups is 1. The first kappa shape index (κ1) is 15.6. The van der Waals surface area contributed by atoms with Crippen LogP contribution in [-0.4, -0.2) is 35.9 Å².